The number of benzene rings is 2. The van der Waals surface area contributed by atoms with Crippen molar-refractivity contribution in [2.45, 2.75) is 57.8 Å². The molecule has 0 spiro atoms. The normalized spacial score (nSPS) is 18.5. The summed E-state index contributed by atoms with van der Waals surface area (Å²) in [5, 5.41) is 14.1. The van der Waals surface area contributed by atoms with Gasteiger partial charge in [0.25, 0.3) is 5.56 Å². The van der Waals surface area contributed by atoms with Crippen LogP contribution >= 0.6 is 0 Å². The van der Waals surface area contributed by atoms with Crippen LogP contribution in [0.15, 0.2) is 88.7 Å². The molecule has 0 bridgehead atoms. The minimum atomic E-state index is -0.641. The van der Waals surface area contributed by atoms with Crippen LogP contribution in [0.1, 0.15) is 48.7 Å². The summed E-state index contributed by atoms with van der Waals surface area (Å²) in [6.07, 6.45) is 5.83. The number of nitrogens with one attached hydrogen (secondary N) is 1. The molecule has 1 saturated carbocycles. The zero-order chi connectivity index (χ0) is 35.1. The molecule has 2 aliphatic rings. The molecule has 4 aromatic heterocycles. The maximum absolute atomic E-state index is 14.6. The molecule has 51 heavy (non-hydrogen) atoms. The third-order valence-electron chi connectivity index (χ3n) is 10.3. The van der Waals surface area contributed by atoms with Crippen molar-refractivity contribution in [3.05, 3.63) is 123 Å². The maximum Gasteiger partial charge on any atom is 0.337 e. The van der Waals surface area contributed by atoms with E-state index in [4.69, 9.17) is 4.74 Å². The monoisotopic (exact) mass is 689 g/mol. The van der Waals surface area contributed by atoms with E-state index in [1.807, 2.05) is 55.6 Å². The summed E-state index contributed by atoms with van der Waals surface area (Å²) in [4.78, 5) is 39.6. The van der Waals surface area contributed by atoms with Gasteiger partial charge in [-0.05, 0) is 91.8 Å². The quantitative estimate of drug-likeness (QED) is 0.226. The molecule has 0 unspecified atom stereocenters. The summed E-state index contributed by atoms with van der Waals surface area (Å²) in [5.74, 6) is -0.466. The van der Waals surface area contributed by atoms with E-state index in [-0.39, 0.29) is 28.9 Å². The first-order valence-electron chi connectivity index (χ1n) is 17.6. The van der Waals surface area contributed by atoms with E-state index in [9.17, 15) is 19.1 Å². The second-order valence-corrected chi connectivity index (χ2v) is 13.6. The van der Waals surface area contributed by atoms with Crippen LogP contribution in [0.3, 0.4) is 0 Å². The Morgan fingerprint density at radius 2 is 1.80 bits per heavy atom. The highest BCUT2D eigenvalue weighted by Gasteiger charge is 2.28. The molecule has 2 N–H and O–H groups in total. The predicted molar refractivity (Wildman–Crippen MR) is 193 cm³/mol. The van der Waals surface area contributed by atoms with E-state index in [1.54, 1.807) is 18.2 Å². The molecule has 2 aromatic carbocycles. The lowest BCUT2D eigenvalue weighted by Gasteiger charge is -2.30. The molecule has 0 radical (unpaired) electrons. The number of phenols is 1. The maximum atomic E-state index is 14.6. The molecule has 262 valence electrons. The summed E-state index contributed by atoms with van der Waals surface area (Å²) in [6.45, 7) is 6.20. The van der Waals surface area contributed by atoms with Gasteiger partial charge >= 0.3 is 5.69 Å². The smallest absolute Gasteiger partial charge is 0.337 e. The average Bonchev–Trinajstić information content (AvgIpc) is 3.46. The van der Waals surface area contributed by atoms with Gasteiger partial charge in [0.1, 0.15) is 17.2 Å². The van der Waals surface area contributed by atoms with E-state index >= 15 is 0 Å². The summed E-state index contributed by atoms with van der Waals surface area (Å²) < 4.78 is 25.0. The zero-order valence-electron chi connectivity index (χ0n) is 28.5. The van der Waals surface area contributed by atoms with Crippen molar-refractivity contribution in [1.82, 2.24) is 33.7 Å². The minimum absolute atomic E-state index is 0.0565. The Kier molecular flexibility index (Phi) is 8.97. The lowest BCUT2D eigenvalue weighted by Crippen LogP contribution is -2.44. The number of aromatic nitrogens is 5. The number of imidazole rings is 1. The van der Waals surface area contributed by atoms with Gasteiger partial charge in [-0.1, -0.05) is 24.3 Å². The Hall–Kier alpha value is -5.17. The van der Waals surface area contributed by atoms with Crippen LogP contribution < -0.4 is 16.6 Å². The van der Waals surface area contributed by atoms with Gasteiger partial charge in [0.15, 0.2) is 5.65 Å². The van der Waals surface area contributed by atoms with Crippen molar-refractivity contribution in [3.63, 3.8) is 0 Å². The van der Waals surface area contributed by atoms with Gasteiger partial charge in [-0.15, -0.1) is 0 Å². The summed E-state index contributed by atoms with van der Waals surface area (Å²) in [7, 11) is 0. The van der Waals surface area contributed by atoms with Gasteiger partial charge in [0.2, 0.25) is 0 Å². The molecule has 8 rings (SSSR count). The van der Waals surface area contributed by atoms with Crippen molar-refractivity contribution in [2.75, 3.05) is 26.3 Å². The number of hydrogen-bond acceptors (Lipinski definition) is 8. The number of fused-ring (bicyclic) bond motifs is 2. The number of halogens is 1. The Morgan fingerprint density at radius 1 is 0.980 bits per heavy atom. The van der Waals surface area contributed by atoms with Crippen LogP contribution in [0.4, 0.5) is 4.39 Å². The Morgan fingerprint density at radius 3 is 2.63 bits per heavy atom. The molecule has 1 aliphatic carbocycles. The Labute approximate surface area is 293 Å². The first-order valence-corrected chi connectivity index (χ1v) is 17.6. The highest BCUT2D eigenvalue weighted by atomic mass is 19.1. The second-order valence-electron chi connectivity index (χ2n) is 13.6. The van der Waals surface area contributed by atoms with E-state index in [0.29, 0.717) is 44.8 Å². The molecule has 6 aromatic rings. The van der Waals surface area contributed by atoms with E-state index in [2.05, 4.69) is 24.6 Å². The van der Waals surface area contributed by atoms with Crippen LogP contribution in [0.25, 0.3) is 33.5 Å². The molecule has 0 amide bonds. The lowest BCUT2D eigenvalue weighted by molar-refractivity contribution is 0.0342. The van der Waals surface area contributed by atoms with Crippen LogP contribution in [-0.4, -0.2) is 65.9 Å². The fourth-order valence-corrected chi connectivity index (χ4v) is 7.70. The highest BCUT2D eigenvalue weighted by Crippen LogP contribution is 2.31. The molecular formula is C39H40FN7O4. The SMILES string of the molecule is Cc1nc2ccccn2c1CNC1CCC(n2c(=O)c3cc(F)cnc3n(-c3cccc(-c4ccc(O)cc4CN4CCOCC4)c3)c2=O)CC1. The van der Waals surface area contributed by atoms with Gasteiger partial charge in [-0.25, -0.2) is 23.7 Å². The minimum Gasteiger partial charge on any atom is -0.508 e. The molecule has 2 fully saturated rings. The number of hydrogen-bond donors (Lipinski definition) is 2. The first-order chi connectivity index (χ1) is 24.8. The van der Waals surface area contributed by atoms with Crippen molar-refractivity contribution in [3.8, 4) is 22.6 Å². The summed E-state index contributed by atoms with van der Waals surface area (Å²) in [5.41, 5.74) is 5.29. The van der Waals surface area contributed by atoms with Crippen molar-refractivity contribution >= 4 is 16.7 Å². The molecule has 1 saturated heterocycles. The van der Waals surface area contributed by atoms with Crippen LogP contribution in [0.2, 0.25) is 0 Å². The van der Waals surface area contributed by atoms with Gasteiger partial charge in [0.05, 0.1) is 41.9 Å². The number of nitrogens with zero attached hydrogens (tertiary/aromatic N) is 6. The lowest BCUT2D eigenvalue weighted by atomic mass is 9.91. The molecule has 12 heteroatoms. The topological polar surface area (TPSA) is 119 Å². The van der Waals surface area contributed by atoms with Crippen molar-refractivity contribution < 1.29 is 14.2 Å². The number of aromatic hydroxyl groups is 1. The van der Waals surface area contributed by atoms with E-state index in [1.165, 1.54) is 15.2 Å². The number of phenolic OH excluding ortho intramolecular Hbond substituents is 1. The number of rotatable bonds is 8. The molecule has 5 heterocycles. The van der Waals surface area contributed by atoms with Gasteiger partial charge < -0.3 is 19.6 Å². The fraction of sp³-hybridized carbons (Fsp3) is 0.333. The highest BCUT2D eigenvalue weighted by molar-refractivity contribution is 5.77. The predicted octanol–water partition coefficient (Wildman–Crippen LogP) is 5.12. The molecule has 0 atom stereocenters. The number of aryl methyl sites for hydroxylation is 1. The van der Waals surface area contributed by atoms with Crippen molar-refractivity contribution in [2.24, 2.45) is 0 Å². The Bertz CT molecular complexity index is 2350. The van der Waals surface area contributed by atoms with Crippen LogP contribution in [0.5, 0.6) is 5.75 Å². The summed E-state index contributed by atoms with van der Waals surface area (Å²) in [6, 6.07) is 19.8. The molecule has 1 aliphatic heterocycles. The zero-order valence-corrected chi connectivity index (χ0v) is 28.5. The molecule has 11 nitrogen and oxygen atoms in total. The largest absolute Gasteiger partial charge is 0.508 e. The number of morpholine rings is 1. The Balaban J connectivity index is 1.11. The van der Waals surface area contributed by atoms with Gasteiger partial charge in [-0.3, -0.25) is 14.3 Å². The van der Waals surface area contributed by atoms with Crippen LogP contribution in [0, 0.1) is 12.7 Å². The second kappa shape index (κ2) is 13.9. The number of pyridine rings is 2. The standard InChI is InChI=1S/C39H40FN7O4/c1-25-35(45-14-3-2-7-36(45)43-25)23-41-29-8-10-30(11-9-29)47-38(49)34-21-28(40)22-42-37(34)46(39(47)50)31-6-4-5-26(19-31)33-13-12-32(48)20-27(33)24-44-15-17-51-18-16-44/h2-7,12-14,19-22,29-30,41,48H,8-11,15-18,23-24H2,1H3. The third-order valence-corrected chi connectivity index (χ3v) is 10.3. The third kappa shape index (κ3) is 6.46. The van der Waals surface area contributed by atoms with E-state index < -0.39 is 17.1 Å². The molecular weight excluding hydrogens is 649 g/mol. The average molecular weight is 690 g/mol. The van der Waals surface area contributed by atoms with E-state index in [0.717, 1.165) is 65.9 Å². The van der Waals surface area contributed by atoms with Crippen molar-refractivity contribution in [1.29, 1.82) is 0 Å². The first kappa shape index (κ1) is 33.0. The van der Waals surface area contributed by atoms with Gasteiger partial charge in [0, 0.05) is 44.5 Å². The van der Waals surface area contributed by atoms with Crippen LogP contribution in [-0.2, 0) is 17.8 Å². The summed E-state index contributed by atoms with van der Waals surface area (Å²) >= 11 is 0. The fourth-order valence-electron chi connectivity index (χ4n) is 7.70. The van der Waals surface area contributed by atoms with Gasteiger partial charge in [-0.2, -0.15) is 0 Å². The number of ether oxygens (including phenoxy) is 1.